The van der Waals surface area contributed by atoms with E-state index in [1.807, 2.05) is 36.0 Å². The van der Waals surface area contributed by atoms with Gasteiger partial charge in [-0.25, -0.2) is 24.9 Å². The Labute approximate surface area is 234 Å². The minimum atomic E-state index is -0.637. The van der Waals surface area contributed by atoms with Gasteiger partial charge in [0.05, 0.1) is 44.7 Å². The molecule has 7 rings (SSSR count). The van der Waals surface area contributed by atoms with Crippen molar-refractivity contribution in [1.29, 1.82) is 0 Å². The molecule has 4 aromatic heterocycles. The number of fused-ring (bicyclic) bond motifs is 2. The van der Waals surface area contributed by atoms with Gasteiger partial charge in [-0.2, -0.15) is 0 Å². The molecule has 3 saturated heterocycles. The Hall–Kier alpha value is -3.54. The van der Waals surface area contributed by atoms with Gasteiger partial charge in [-0.1, -0.05) is 0 Å². The molecule has 0 aromatic carbocycles. The van der Waals surface area contributed by atoms with Gasteiger partial charge >= 0.3 is 0 Å². The number of nitrogens with zero attached hydrogens (tertiary/aromatic N) is 8. The Balaban J connectivity index is 1.07. The number of hydrogen-bond acceptors (Lipinski definition) is 11. The summed E-state index contributed by atoms with van der Waals surface area (Å²) in [5.41, 5.74) is 2.92. The zero-order chi connectivity index (χ0) is 27.3. The topological polar surface area (TPSA) is 120 Å². The van der Waals surface area contributed by atoms with Crippen molar-refractivity contribution < 1.29 is 9.59 Å². The van der Waals surface area contributed by atoms with Crippen LogP contribution in [0.1, 0.15) is 31.4 Å². The van der Waals surface area contributed by atoms with E-state index in [2.05, 4.69) is 35.1 Å². The van der Waals surface area contributed by atoms with Gasteiger partial charge in [0.25, 0.3) is 11.8 Å². The molecule has 3 fully saturated rings. The van der Waals surface area contributed by atoms with Gasteiger partial charge in [-0.3, -0.25) is 9.59 Å². The first kappa shape index (κ1) is 25.7. The molecule has 2 amide bonds. The maximum Gasteiger partial charge on any atom is 0.259 e. The quantitative estimate of drug-likeness (QED) is 0.335. The number of rotatable bonds is 6. The van der Waals surface area contributed by atoms with Gasteiger partial charge in [0.1, 0.15) is 5.82 Å². The molecule has 39 heavy (non-hydrogen) atoms. The minimum absolute atomic E-state index is 0.0106. The van der Waals surface area contributed by atoms with E-state index in [1.165, 1.54) is 16.2 Å². The summed E-state index contributed by atoms with van der Waals surface area (Å²) in [5, 5.41) is 7.01. The van der Waals surface area contributed by atoms with Gasteiger partial charge in [0.15, 0.2) is 5.13 Å². The summed E-state index contributed by atoms with van der Waals surface area (Å²) in [7, 11) is 2.76. The van der Waals surface area contributed by atoms with Crippen LogP contribution in [0.2, 0.25) is 0 Å². The second-order valence-electron chi connectivity index (χ2n) is 9.57. The van der Waals surface area contributed by atoms with Crippen LogP contribution in [0.15, 0.2) is 36.1 Å². The standard InChI is InChI=1S/C25H26N9O2PS2/c1-14-21(39-15(2)29-14)19-12-38-25(30-19)31-20-6-5-16(7-26-20)23(36)34-18-10-33(13-37(34)11-18)24-27-8-17(9-28-24)22(35)32(3)4/h5-9,12,18H,10-11,13H2,1-4H3,(H,26,30,31)/t18-,37-/m0/s1. The Morgan fingerprint density at radius 1 is 1.08 bits per heavy atom. The van der Waals surface area contributed by atoms with Gasteiger partial charge in [0.2, 0.25) is 5.95 Å². The Bertz CT molecular complexity index is 1530. The van der Waals surface area contributed by atoms with Crippen molar-refractivity contribution in [3.05, 3.63) is 57.9 Å². The molecule has 2 atom stereocenters. The number of hydrogen-bond donors (Lipinski definition) is 1. The number of nitrogens with one attached hydrogen (secondary N) is 1. The van der Waals surface area contributed by atoms with Crippen LogP contribution in [-0.2, 0) is 0 Å². The van der Waals surface area contributed by atoms with Crippen molar-refractivity contribution in [1.82, 2.24) is 34.5 Å². The number of aryl methyl sites for hydroxylation is 2. The Kier molecular flexibility index (Phi) is 6.74. The fraction of sp³-hybridized carbons (Fsp3) is 0.320. The molecule has 200 valence electrons. The summed E-state index contributed by atoms with van der Waals surface area (Å²) in [6.45, 7) is 4.66. The predicted octanol–water partition coefficient (Wildman–Crippen LogP) is 4.21. The van der Waals surface area contributed by atoms with Crippen LogP contribution in [0.5, 0.6) is 0 Å². The molecule has 3 aliphatic heterocycles. The first-order chi connectivity index (χ1) is 18.8. The zero-order valence-corrected chi connectivity index (χ0v) is 24.3. The highest BCUT2D eigenvalue weighted by Gasteiger charge is 2.48. The van der Waals surface area contributed by atoms with Crippen molar-refractivity contribution in [2.45, 2.75) is 19.9 Å². The summed E-state index contributed by atoms with van der Waals surface area (Å²) < 4.78 is 2.01. The number of amides is 2. The van der Waals surface area contributed by atoms with E-state index in [9.17, 15) is 9.59 Å². The lowest BCUT2D eigenvalue weighted by atomic mass is 10.2. The molecule has 0 unspecified atom stereocenters. The zero-order valence-electron chi connectivity index (χ0n) is 21.8. The third-order valence-electron chi connectivity index (χ3n) is 6.51. The van der Waals surface area contributed by atoms with Gasteiger partial charge in [0, 0.05) is 58.8 Å². The predicted molar refractivity (Wildman–Crippen MR) is 154 cm³/mol. The fourth-order valence-corrected chi connectivity index (χ4v) is 8.84. The van der Waals surface area contributed by atoms with Crippen LogP contribution < -0.4 is 10.2 Å². The van der Waals surface area contributed by atoms with Crippen molar-refractivity contribution in [3.8, 4) is 10.6 Å². The third-order valence-corrected chi connectivity index (χ3v) is 11.0. The van der Waals surface area contributed by atoms with Crippen LogP contribution in [0.4, 0.5) is 16.9 Å². The maximum atomic E-state index is 13.3. The van der Waals surface area contributed by atoms with E-state index in [1.54, 1.807) is 44.0 Å². The van der Waals surface area contributed by atoms with Crippen molar-refractivity contribution in [2.75, 3.05) is 43.3 Å². The van der Waals surface area contributed by atoms with Crippen LogP contribution >= 0.6 is 30.7 Å². The second-order valence-corrected chi connectivity index (χ2v) is 13.7. The third kappa shape index (κ3) is 4.97. The molecular weight excluding hydrogens is 553 g/mol. The number of pyridine rings is 1. The summed E-state index contributed by atoms with van der Waals surface area (Å²) in [4.78, 5) is 52.5. The lowest BCUT2D eigenvalue weighted by Crippen LogP contribution is -2.60. The normalized spacial score (nSPS) is 18.1. The first-order valence-electron chi connectivity index (χ1n) is 12.3. The molecule has 14 heteroatoms. The van der Waals surface area contributed by atoms with Crippen LogP contribution in [-0.4, -0.2) is 85.4 Å². The molecule has 1 N–H and O–H groups in total. The van der Waals surface area contributed by atoms with Crippen LogP contribution in [0.3, 0.4) is 0 Å². The number of anilines is 3. The largest absolute Gasteiger partial charge is 0.345 e. The lowest BCUT2D eigenvalue weighted by Gasteiger charge is -2.55. The average Bonchev–Trinajstić information content (AvgIpc) is 3.53. The van der Waals surface area contributed by atoms with E-state index in [4.69, 9.17) is 0 Å². The molecule has 2 bridgehead atoms. The Morgan fingerprint density at radius 3 is 2.46 bits per heavy atom. The molecule has 4 aromatic rings. The highest BCUT2D eigenvalue weighted by Crippen LogP contribution is 2.57. The molecule has 0 spiro atoms. The highest BCUT2D eigenvalue weighted by molar-refractivity contribution is 7.58. The van der Waals surface area contributed by atoms with Gasteiger partial charge in [-0.05, 0) is 26.0 Å². The van der Waals surface area contributed by atoms with E-state index < -0.39 is 8.07 Å². The molecule has 0 radical (unpaired) electrons. The van der Waals surface area contributed by atoms with Crippen LogP contribution in [0.25, 0.3) is 10.6 Å². The maximum absolute atomic E-state index is 13.3. The number of carbonyl (C=O) groups is 2. The van der Waals surface area contributed by atoms with E-state index in [-0.39, 0.29) is 17.9 Å². The summed E-state index contributed by atoms with van der Waals surface area (Å²) in [6, 6.07) is 3.75. The number of carbonyl (C=O) groups excluding carboxylic acids is 2. The van der Waals surface area contributed by atoms with Crippen molar-refractivity contribution in [3.63, 3.8) is 0 Å². The molecule has 7 heterocycles. The molecule has 0 aliphatic carbocycles. The van der Waals surface area contributed by atoms with Crippen molar-refractivity contribution in [2.24, 2.45) is 0 Å². The summed E-state index contributed by atoms with van der Waals surface area (Å²) in [6.07, 6.45) is 6.50. The first-order valence-corrected chi connectivity index (χ1v) is 15.6. The molecular formula is C25H26N9O2PS2. The lowest BCUT2D eigenvalue weighted by molar-refractivity contribution is 0.0801. The smallest absolute Gasteiger partial charge is 0.259 e. The molecule has 11 nitrogen and oxygen atoms in total. The van der Waals surface area contributed by atoms with Crippen molar-refractivity contribution >= 4 is 59.5 Å². The van der Waals surface area contributed by atoms with Gasteiger partial charge < -0.3 is 19.8 Å². The van der Waals surface area contributed by atoms with Gasteiger partial charge in [-0.15, -0.1) is 22.7 Å². The molecule has 3 aliphatic rings. The summed E-state index contributed by atoms with van der Waals surface area (Å²) in [5.74, 6) is 1.12. The summed E-state index contributed by atoms with van der Waals surface area (Å²) >= 11 is 3.14. The van der Waals surface area contributed by atoms with E-state index in [0.717, 1.165) is 38.9 Å². The monoisotopic (exact) mass is 579 g/mol. The van der Waals surface area contributed by atoms with E-state index in [0.29, 0.717) is 29.4 Å². The fourth-order valence-electron chi connectivity index (χ4n) is 4.65. The average molecular weight is 580 g/mol. The minimum Gasteiger partial charge on any atom is -0.345 e. The second kappa shape index (κ2) is 10.2. The Morgan fingerprint density at radius 2 is 1.85 bits per heavy atom. The van der Waals surface area contributed by atoms with E-state index >= 15 is 0 Å². The van der Waals surface area contributed by atoms with Crippen LogP contribution in [0, 0.1) is 13.8 Å². The SMILES string of the molecule is Cc1nc(C)c(-c2csc(Nc3ccc(C(=O)N4[C@H]5CN(c6ncc(C(=O)N(C)C)cn6)C[P@]4C5)cn3)n2)s1. The number of aromatic nitrogens is 5. The molecule has 0 saturated carbocycles. The highest BCUT2D eigenvalue weighted by atomic mass is 32.1. The number of thiazole rings is 2.